The highest BCUT2D eigenvalue weighted by molar-refractivity contribution is 7.20. The highest BCUT2D eigenvalue weighted by Gasteiger charge is 2.21. The van der Waals surface area contributed by atoms with E-state index in [9.17, 15) is 0 Å². The number of benzene rings is 1. The number of para-hydroxylation sites is 1. The molecule has 0 bridgehead atoms. The average Bonchev–Trinajstić information content (AvgIpc) is 3.47. The first kappa shape index (κ1) is 15.5. The minimum Gasteiger partial charge on any atom is -0.461 e. The van der Waals surface area contributed by atoms with Crippen LogP contribution < -0.4 is 0 Å². The van der Waals surface area contributed by atoms with E-state index in [4.69, 9.17) is 19.4 Å². The third-order valence-electron chi connectivity index (χ3n) is 5.05. The molecule has 136 valence electrons. The van der Waals surface area contributed by atoms with Crippen LogP contribution in [0.15, 0.2) is 53.4 Å². The largest absolute Gasteiger partial charge is 0.461 e. The van der Waals surface area contributed by atoms with Crippen molar-refractivity contribution in [2.75, 3.05) is 0 Å². The minimum absolute atomic E-state index is 0.545. The maximum atomic E-state index is 5.45. The number of nitrogens with zero attached hydrogens (tertiary/aromatic N) is 6. The molecular formula is C20H14N6OS. The van der Waals surface area contributed by atoms with Crippen LogP contribution in [0.4, 0.5) is 0 Å². The lowest BCUT2D eigenvalue weighted by Crippen LogP contribution is -1.98. The summed E-state index contributed by atoms with van der Waals surface area (Å²) in [7, 11) is 0. The zero-order valence-electron chi connectivity index (χ0n) is 15.1. The van der Waals surface area contributed by atoms with Crippen LogP contribution in [0.5, 0.6) is 0 Å². The Bertz CT molecular complexity index is 1460. The highest BCUT2D eigenvalue weighted by Crippen LogP contribution is 2.33. The van der Waals surface area contributed by atoms with Crippen LogP contribution in [-0.2, 0) is 0 Å². The molecule has 6 rings (SSSR count). The topological polar surface area (TPSA) is 74.0 Å². The van der Waals surface area contributed by atoms with E-state index in [1.807, 2.05) is 30.3 Å². The van der Waals surface area contributed by atoms with Crippen LogP contribution in [0.3, 0.4) is 0 Å². The molecule has 0 unspecified atom stereocenters. The van der Waals surface area contributed by atoms with E-state index in [0.29, 0.717) is 11.6 Å². The van der Waals surface area contributed by atoms with Gasteiger partial charge >= 0.3 is 0 Å². The van der Waals surface area contributed by atoms with Crippen LogP contribution in [-0.4, -0.2) is 29.1 Å². The van der Waals surface area contributed by atoms with E-state index < -0.39 is 0 Å². The van der Waals surface area contributed by atoms with Crippen molar-refractivity contribution in [3.63, 3.8) is 0 Å². The maximum Gasteiger partial charge on any atom is 0.217 e. The van der Waals surface area contributed by atoms with Gasteiger partial charge in [-0.25, -0.2) is 19.5 Å². The molecule has 0 saturated heterocycles. The Kier molecular flexibility index (Phi) is 3.05. The average molecular weight is 386 g/mol. The van der Waals surface area contributed by atoms with Gasteiger partial charge in [0, 0.05) is 5.69 Å². The van der Waals surface area contributed by atoms with Crippen molar-refractivity contribution in [2.24, 2.45) is 0 Å². The summed E-state index contributed by atoms with van der Waals surface area (Å²) in [5, 5.41) is 6.40. The summed E-state index contributed by atoms with van der Waals surface area (Å²) in [4.78, 5) is 14.2. The second-order valence-electron chi connectivity index (χ2n) is 6.63. The molecule has 0 spiro atoms. The molecule has 0 aliphatic heterocycles. The predicted molar refractivity (Wildman–Crippen MR) is 108 cm³/mol. The van der Waals surface area contributed by atoms with Gasteiger partial charge < -0.3 is 4.42 Å². The fourth-order valence-electron chi connectivity index (χ4n) is 3.56. The van der Waals surface area contributed by atoms with Crippen molar-refractivity contribution in [2.45, 2.75) is 13.8 Å². The van der Waals surface area contributed by atoms with Gasteiger partial charge in [-0.05, 0) is 43.7 Å². The summed E-state index contributed by atoms with van der Waals surface area (Å²) in [5.74, 6) is 1.18. The number of hydrogen-bond donors (Lipinski definition) is 0. The Labute approximate surface area is 162 Å². The molecule has 0 saturated carbocycles. The van der Waals surface area contributed by atoms with Crippen molar-refractivity contribution in [3.8, 4) is 16.7 Å². The van der Waals surface area contributed by atoms with Gasteiger partial charge in [0.15, 0.2) is 22.2 Å². The second-order valence-corrected chi connectivity index (χ2v) is 7.64. The van der Waals surface area contributed by atoms with Gasteiger partial charge in [0.05, 0.1) is 21.9 Å². The summed E-state index contributed by atoms with van der Waals surface area (Å²) in [6.45, 7) is 4.17. The predicted octanol–water partition coefficient (Wildman–Crippen LogP) is 4.55. The van der Waals surface area contributed by atoms with Gasteiger partial charge in [-0.15, -0.1) is 5.10 Å². The second kappa shape index (κ2) is 5.49. The number of aryl methyl sites for hydroxylation is 1. The smallest absolute Gasteiger partial charge is 0.217 e. The number of hydrogen-bond acceptors (Lipinski definition) is 6. The van der Waals surface area contributed by atoms with Crippen LogP contribution in [0.1, 0.15) is 11.3 Å². The molecule has 7 nitrogen and oxygen atoms in total. The molecule has 0 N–H and O–H groups in total. The van der Waals surface area contributed by atoms with E-state index in [1.54, 1.807) is 28.4 Å². The third-order valence-corrected chi connectivity index (χ3v) is 6.07. The van der Waals surface area contributed by atoms with Crippen LogP contribution in [0.2, 0.25) is 0 Å². The molecular weight excluding hydrogens is 372 g/mol. The normalized spacial score (nSPS) is 11.9. The molecule has 8 heteroatoms. The lowest BCUT2D eigenvalue weighted by Gasteiger charge is -2.02. The summed E-state index contributed by atoms with van der Waals surface area (Å²) < 4.78 is 10.4. The van der Waals surface area contributed by atoms with Gasteiger partial charge in [0.1, 0.15) is 6.33 Å². The number of rotatable bonds is 2. The Hall–Kier alpha value is -3.52. The van der Waals surface area contributed by atoms with Crippen LogP contribution >= 0.6 is 11.3 Å². The monoisotopic (exact) mass is 386 g/mol. The fourth-order valence-corrected chi connectivity index (χ4v) is 4.58. The van der Waals surface area contributed by atoms with Crippen molar-refractivity contribution < 1.29 is 4.42 Å². The standard InChI is InChI=1S/C20H14N6OS/c1-11-12(2)26(20-22-13-6-3-4-8-15(13)28-20)18-16(11)19-23-17(14-7-5-9-27-14)24-25(19)10-21-18/h3-10H,1-2H3. The van der Waals surface area contributed by atoms with Crippen molar-refractivity contribution in [3.05, 3.63) is 60.2 Å². The molecule has 0 amide bonds. The lowest BCUT2D eigenvalue weighted by atomic mass is 10.2. The molecule has 0 radical (unpaired) electrons. The number of fused-ring (bicyclic) bond motifs is 4. The molecule has 1 aromatic carbocycles. The zero-order chi connectivity index (χ0) is 18.8. The first-order valence-corrected chi connectivity index (χ1v) is 9.65. The van der Waals surface area contributed by atoms with Crippen molar-refractivity contribution >= 4 is 38.2 Å². The van der Waals surface area contributed by atoms with Gasteiger partial charge in [-0.3, -0.25) is 4.57 Å². The molecule has 0 aliphatic carbocycles. The van der Waals surface area contributed by atoms with E-state index in [1.165, 1.54) is 0 Å². The van der Waals surface area contributed by atoms with E-state index in [2.05, 4.69) is 29.6 Å². The molecule has 0 fully saturated rings. The summed E-state index contributed by atoms with van der Waals surface area (Å²) in [6.07, 6.45) is 3.31. The van der Waals surface area contributed by atoms with Crippen molar-refractivity contribution in [1.82, 2.24) is 29.1 Å². The first-order chi connectivity index (χ1) is 13.7. The summed E-state index contributed by atoms with van der Waals surface area (Å²) in [6, 6.07) is 11.8. The molecule has 28 heavy (non-hydrogen) atoms. The zero-order valence-corrected chi connectivity index (χ0v) is 15.9. The molecule has 6 aromatic rings. The van der Waals surface area contributed by atoms with Crippen LogP contribution in [0.25, 0.3) is 43.6 Å². The molecule has 5 aromatic heterocycles. The summed E-state index contributed by atoms with van der Waals surface area (Å²) in [5.41, 5.74) is 4.80. The van der Waals surface area contributed by atoms with Gasteiger partial charge in [-0.1, -0.05) is 23.5 Å². The highest BCUT2D eigenvalue weighted by atomic mass is 32.1. The molecule has 0 aliphatic rings. The van der Waals surface area contributed by atoms with Crippen molar-refractivity contribution in [1.29, 1.82) is 0 Å². The Morgan fingerprint density at radius 3 is 2.71 bits per heavy atom. The lowest BCUT2D eigenvalue weighted by molar-refractivity contribution is 0.577. The quantitative estimate of drug-likeness (QED) is 0.436. The first-order valence-electron chi connectivity index (χ1n) is 8.83. The Balaban J connectivity index is 1.66. The van der Waals surface area contributed by atoms with E-state index >= 15 is 0 Å². The number of thiazole rings is 1. The third kappa shape index (κ3) is 2.03. The summed E-state index contributed by atoms with van der Waals surface area (Å²) >= 11 is 1.66. The molecule has 5 heterocycles. The van der Waals surface area contributed by atoms with Gasteiger partial charge in [0.25, 0.3) is 0 Å². The Morgan fingerprint density at radius 1 is 1.00 bits per heavy atom. The van der Waals surface area contributed by atoms with E-state index in [-0.39, 0.29) is 0 Å². The molecule has 0 atom stereocenters. The maximum absolute atomic E-state index is 5.45. The van der Waals surface area contributed by atoms with Gasteiger partial charge in [-0.2, -0.15) is 0 Å². The van der Waals surface area contributed by atoms with Crippen LogP contribution in [0, 0.1) is 13.8 Å². The minimum atomic E-state index is 0.545. The number of furan rings is 1. The van der Waals surface area contributed by atoms with E-state index in [0.717, 1.165) is 43.3 Å². The number of aromatic nitrogens is 6. The fraction of sp³-hybridized carbons (Fsp3) is 0.100. The SMILES string of the molecule is Cc1c(C)n(-c2nc3ccccc3s2)c2ncn3nc(-c4ccco4)nc3c12. The Morgan fingerprint density at radius 2 is 1.89 bits per heavy atom. The van der Waals surface area contributed by atoms with Gasteiger partial charge in [0.2, 0.25) is 5.82 Å².